The second-order valence-corrected chi connectivity index (χ2v) is 6.12. The van der Waals surface area contributed by atoms with Gasteiger partial charge in [-0.1, -0.05) is 31.0 Å². The molecule has 4 N–H and O–H groups in total. The van der Waals surface area contributed by atoms with E-state index in [1.165, 1.54) is 12.8 Å². The summed E-state index contributed by atoms with van der Waals surface area (Å²) < 4.78 is 0. The molecule has 1 aliphatic rings. The van der Waals surface area contributed by atoms with Crippen molar-refractivity contribution >= 4 is 22.7 Å². The molecule has 116 valence electrons. The van der Waals surface area contributed by atoms with E-state index in [9.17, 15) is 9.59 Å². The molecule has 0 spiro atoms. The number of aromatic amines is 1. The zero-order chi connectivity index (χ0) is 15.7. The summed E-state index contributed by atoms with van der Waals surface area (Å²) >= 11 is 0. The molecule has 0 bridgehead atoms. The number of carbonyl (C=O) groups is 2. The highest BCUT2D eigenvalue weighted by molar-refractivity contribution is 6.02. The molecule has 2 aromatic rings. The monoisotopic (exact) mass is 299 g/mol. The van der Waals surface area contributed by atoms with Gasteiger partial charge in [0.15, 0.2) is 0 Å². The SMILES string of the molecule is Cc1c(C(=O)NC(CCC2CC2)C(N)=O)[nH]c2ccccc12. The zero-order valence-electron chi connectivity index (χ0n) is 12.7. The molecule has 1 heterocycles. The van der Waals surface area contributed by atoms with Crippen molar-refractivity contribution in [3.05, 3.63) is 35.5 Å². The van der Waals surface area contributed by atoms with E-state index in [0.717, 1.165) is 22.9 Å². The van der Waals surface area contributed by atoms with Gasteiger partial charge in [-0.3, -0.25) is 9.59 Å². The number of carbonyl (C=O) groups excluding carboxylic acids is 2. The molecule has 1 aromatic carbocycles. The number of fused-ring (bicyclic) bond motifs is 1. The van der Waals surface area contributed by atoms with Crippen LogP contribution in [0.5, 0.6) is 0 Å². The first-order chi connectivity index (χ1) is 10.6. The Morgan fingerprint density at radius 1 is 1.36 bits per heavy atom. The summed E-state index contributed by atoms with van der Waals surface area (Å²) in [5.41, 5.74) is 7.72. The number of para-hydroxylation sites is 1. The number of primary amides is 1. The Morgan fingerprint density at radius 3 is 2.73 bits per heavy atom. The number of nitrogens with one attached hydrogen (secondary N) is 2. The van der Waals surface area contributed by atoms with Gasteiger partial charge in [0.25, 0.3) is 5.91 Å². The van der Waals surface area contributed by atoms with Crippen LogP contribution in [0.2, 0.25) is 0 Å². The maximum absolute atomic E-state index is 12.5. The maximum Gasteiger partial charge on any atom is 0.268 e. The molecule has 0 aliphatic heterocycles. The molecule has 22 heavy (non-hydrogen) atoms. The van der Waals surface area contributed by atoms with Crippen LogP contribution in [0.3, 0.4) is 0 Å². The minimum atomic E-state index is -0.598. The number of H-pyrrole nitrogens is 1. The van der Waals surface area contributed by atoms with Crippen molar-refractivity contribution in [1.82, 2.24) is 10.3 Å². The number of aryl methyl sites for hydroxylation is 1. The number of rotatable bonds is 6. The predicted molar refractivity (Wildman–Crippen MR) is 85.4 cm³/mol. The van der Waals surface area contributed by atoms with Gasteiger partial charge < -0.3 is 16.0 Å². The van der Waals surface area contributed by atoms with E-state index in [-0.39, 0.29) is 5.91 Å². The number of aromatic nitrogens is 1. The third kappa shape index (κ3) is 2.98. The fraction of sp³-hybridized carbons (Fsp3) is 0.412. The molecular weight excluding hydrogens is 278 g/mol. The predicted octanol–water partition coefficient (Wildman–Crippen LogP) is 2.25. The lowest BCUT2D eigenvalue weighted by atomic mass is 10.1. The molecule has 5 nitrogen and oxygen atoms in total. The third-order valence-corrected chi connectivity index (χ3v) is 4.40. The molecule has 1 aromatic heterocycles. The summed E-state index contributed by atoms with van der Waals surface area (Å²) in [6, 6.07) is 7.15. The molecular formula is C17H21N3O2. The van der Waals surface area contributed by atoms with E-state index < -0.39 is 11.9 Å². The highest BCUT2D eigenvalue weighted by atomic mass is 16.2. The Hall–Kier alpha value is -2.30. The molecule has 5 heteroatoms. The molecule has 3 rings (SSSR count). The third-order valence-electron chi connectivity index (χ3n) is 4.40. The molecule has 2 amide bonds. The lowest BCUT2D eigenvalue weighted by Gasteiger charge is -2.15. The minimum absolute atomic E-state index is 0.270. The second-order valence-electron chi connectivity index (χ2n) is 6.12. The summed E-state index contributed by atoms with van der Waals surface area (Å²) in [6.45, 7) is 1.90. The minimum Gasteiger partial charge on any atom is -0.368 e. The maximum atomic E-state index is 12.5. The highest BCUT2D eigenvalue weighted by Crippen LogP contribution is 2.33. The Labute approximate surface area is 129 Å². The van der Waals surface area contributed by atoms with Crippen molar-refractivity contribution in [3.63, 3.8) is 0 Å². The average Bonchev–Trinajstić information content (AvgIpc) is 3.27. The van der Waals surface area contributed by atoms with Crippen LogP contribution in [0.25, 0.3) is 10.9 Å². The van der Waals surface area contributed by atoms with Crippen LogP contribution >= 0.6 is 0 Å². The molecule has 1 atom stereocenters. The van der Waals surface area contributed by atoms with E-state index in [1.54, 1.807) is 0 Å². The fourth-order valence-corrected chi connectivity index (χ4v) is 2.83. The standard InChI is InChI=1S/C17H21N3O2/c1-10-12-4-2-3-5-13(12)19-15(10)17(22)20-14(16(18)21)9-8-11-6-7-11/h2-5,11,14,19H,6-9H2,1H3,(H2,18,21)(H,20,22). The number of hydrogen-bond acceptors (Lipinski definition) is 2. The molecule has 1 unspecified atom stereocenters. The Bertz CT molecular complexity index is 716. The van der Waals surface area contributed by atoms with Gasteiger partial charge in [-0.15, -0.1) is 0 Å². The first-order valence-electron chi connectivity index (χ1n) is 7.73. The van der Waals surface area contributed by atoms with E-state index in [4.69, 9.17) is 5.73 Å². The average molecular weight is 299 g/mol. The number of hydrogen-bond donors (Lipinski definition) is 3. The van der Waals surface area contributed by atoms with Crippen molar-refractivity contribution in [2.75, 3.05) is 0 Å². The van der Waals surface area contributed by atoms with E-state index >= 15 is 0 Å². The van der Waals surface area contributed by atoms with Crippen LogP contribution in [0.15, 0.2) is 24.3 Å². The first-order valence-corrected chi connectivity index (χ1v) is 7.73. The molecule has 1 fully saturated rings. The summed E-state index contributed by atoms with van der Waals surface area (Å²) in [6.07, 6.45) is 4.01. The van der Waals surface area contributed by atoms with Crippen LogP contribution in [0.1, 0.15) is 41.7 Å². The lowest BCUT2D eigenvalue weighted by Crippen LogP contribution is -2.44. The Balaban J connectivity index is 1.75. The van der Waals surface area contributed by atoms with Gasteiger partial charge in [0.05, 0.1) is 0 Å². The quantitative estimate of drug-likeness (QED) is 0.764. The summed E-state index contributed by atoms with van der Waals surface area (Å²) in [7, 11) is 0. The Kier molecular flexibility index (Phi) is 3.88. The number of nitrogens with two attached hydrogens (primary N) is 1. The molecule has 1 aliphatic carbocycles. The number of benzene rings is 1. The molecule has 1 saturated carbocycles. The van der Waals surface area contributed by atoms with Gasteiger partial charge >= 0.3 is 0 Å². The topological polar surface area (TPSA) is 88.0 Å². The van der Waals surface area contributed by atoms with Crippen molar-refractivity contribution in [2.45, 2.75) is 38.6 Å². The summed E-state index contributed by atoms with van der Waals surface area (Å²) in [5, 5.41) is 3.79. The smallest absolute Gasteiger partial charge is 0.268 e. The van der Waals surface area contributed by atoms with E-state index in [1.807, 2.05) is 31.2 Å². The van der Waals surface area contributed by atoms with Gasteiger partial charge in [0, 0.05) is 10.9 Å². The van der Waals surface area contributed by atoms with Crippen LogP contribution in [-0.2, 0) is 4.79 Å². The van der Waals surface area contributed by atoms with Crippen LogP contribution in [-0.4, -0.2) is 22.8 Å². The van der Waals surface area contributed by atoms with Crippen LogP contribution in [0, 0.1) is 12.8 Å². The van der Waals surface area contributed by atoms with E-state index in [0.29, 0.717) is 18.0 Å². The second kappa shape index (κ2) is 5.83. The zero-order valence-corrected chi connectivity index (χ0v) is 12.7. The van der Waals surface area contributed by atoms with Gasteiger partial charge in [-0.2, -0.15) is 0 Å². The Morgan fingerprint density at radius 2 is 2.09 bits per heavy atom. The van der Waals surface area contributed by atoms with Crippen molar-refractivity contribution in [2.24, 2.45) is 11.7 Å². The van der Waals surface area contributed by atoms with Crippen molar-refractivity contribution in [1.29, 1.82) is 0 Å². The summed E-state index contributed by atoms with van der Waals surface area (Å²) in [4.78, 5) is 27.1. The first kappa shape index (κ1) is 14.6. The fourth-order valence-electron chi connectivity index (χ4n) is 2.83. The lowest BCUT2D eigenvalue weighted by molar-refractivity contribution is -0.120. The van der Waals surface area contributed by atoms with E-state index in [2.05, 4.69) is 10.3 Å². The number of amides is 2. The summed E-state index contributed by atoms with van der Waals surface area (Å²) in [5.74, 6) is -0.0374. The van der Waals surface area contributed by atoms with Gasteiger partial charge in [-0.25, -0.2) is 0 Å². The normalized spacial score (nSPS) is 15.7. The van der Waals surface area contributed by atoms with Crippen LogP contribution < -0.4 is 11.1 Å². The van der Waals surface area contributed by atoms with Gasteiger partial charge in [0.1, 0.15) is 11.7 Å². The largest absolute Gasteiger partial charge is 0.368 e. The molecule has 0 radical (unpaired) electrons. The van der Waals surface area contributed by atoms with Gasteiger partial charge in [-0.05, 0) is 37.3 Å². The van der Waals surface area contributed by atoms with Crippen LogP contribution in [0.4, 0.5) is 0 Å². The molecule has 0 saturated heterocycles. The van der Waals surface area contributed by atoms with Crippen molar-refractivity contribution < 1.29 is 9.59 Å². The highest BCUT2D eigenvalue weighted by Gasteiger charge is 2.26. The van der Waals surface area contributed by atoms with Crippen molar-refractivity contribution in [3.8, 4) is 0 Å². The van der Waals surface area contributed by atoms with Gasteiger partial charge in [0.2, 0.25) is 5.91 Å².